The van der Waals surface area contributed by atoms with Gasteiger partial charge in [0, 0.05) is 0 Å². The van der Waals surface area contributed by atoms with Crippen LogP contribution >= 0.6 is 0 Å². The van der Waals surface area contributed by atoms with Crippen LogP contribution in [0.3, 0.4) is 0 Å². The first kappa shape index (κ1) is 16.0. The molecule has 0 radical (unpaired) electrons. The number of rotatable bonds is 1. The Morgan fingerprint density at radius 2 is 1.46 bits per heavy atom. The van der Waals surface area contributed by atoms with Crippen LogP contribution in [-0.2, 0) is 0 Å². The van der Waals surface area contributed by atoms with Gasteiger partial charge in [0.2, 0.25) is 4.91 Å². The first-order chi connectivity index (χ1) is 5.61. The van der Waals surface area contributed by atoms with Gasteiger partial charge in [-0.1, -0.05) is 0 Å². The van der Waals surface area contributed by atoms with Gasteiger partial charge in [-0.2, -0.15) is 0 Å². The van der Waals surface area contributed by atoms with Gasteiger partial charge in [-0.05, 0) is 0 Å². The van der Waals surface area contributed by atoms with Crippen molar-refractivity contribution in [3.8, 4) is 0 Å². The SMILES string of the molecule is CC(C)[Si](C)([Na])C(C)(C)C.N=[N+]=N. The number of nitrogens with zero attached hydrogens (tertiary/aromatic N) is 1. The van der Waals surface area contributed by atoms with Crippen LogP contribution in [0.1, 0.15) is 34.6 Å². The molecule has 72 valence electrons. The van der Waals surface area contributed by atoms with Gasteiger partial charge in [0.15, 0.2) is 0 Å². The van der Waals surface area contributed by atoms with Crippen molar-refractivity contribution in [3.63, 3.8) is 0 Å². The predicted octanol–water partition coefficient (Wildman–Crippen LogP) is 3.06. The second-order valence-corrected chi connectivity index (χ2v) is 17.6. The van der Waals surface area contributed by atoms with Crippen LogP contribution in [0.25, 0.3) is 0 Å². The molecule has 13 heavy (non-hydrogen) atoms. The molecule has 5 heteroatoms. The summed E-state index contributed by atoms with van der Waals surface area (Å²) < 4.78 is -0.843. The molecule has 0 rings (SSSR count). The molecule has 0 bridgehead atoms. The smallest absolute Gasteiger partial charge is 0.103 e. The van der Waals surface area contributed by atoms with E-state index in [-0.39, 0.29) is 0 Å². The second-order valence-electron chi connectivity index (χ2n) is 5.24. The molecule has 1 atom stereocenters. The summed E-state index contributed by atoms with van der Waals surface area (Å²) >= 11 is 1.43. The molecule has 0 heterocycles. The third-order valence-corrected chi connectivity index (χ3v) is 18.1. The minimum atomic E-state index is -0.843. The Morgan fingerprint density at radius 1 is 1.23 bits per heavy atom. The standard InChI is InChI=1S/C8H19Si.H2N3.Na/c1-7(2)9(6)8(3,4)5;1-3-2;/h7H,1-6H3;1-2H;/q;+1;. The van der Waals surface area contributed by atoms with E-state index >= 15 is 0 Å². The van der Waals surface area contributed by atoms with Crippen LogP contribution in [0.15, 0.2) is 0 Å². The van der Waals surface area contributed by atoms with E-state index in [0.29, 0.717) is 5.04 Å². The summed E-state index contributed by atoms with van der Waals surface area (Å²) in [6.07, 6.45) is 0. The van der Waals surface area contributed by atoms with Gasteiger partial charge in [0.1, 0.15) is 11.1 Å². The number of hydrogen-bond donors (Lipinski definition) is 2. The van der Waals surface area contributed by atoms with E-state index in [1.54, 1.807) is 0 Å². The van der Waals surface area contributed by atoms with Gasteiger partial charge in [0.25, 0.3) is 0 Å². The fourth-order valence-corrected chi connectivity index (χ4v) is 2.60. The molecule has 3 nitrogen and oxygen atoms in total. The van der Waals surface area contributed by atoms with Crippen molar-refractivity contribution in [3.05, 3.63) is 0 Å². The Kier molecular flexibility index (Phi) is 7.49. The van der Waals surface area contributed by atoms with Crippen molar-refractivity contribution in [2.75, 3.05) is 0 Å². The molecule has 0 saturated carbocycles. The second kappa shape index (κ2) is 6.09. The average molecular weight is 210 g/mol. The van der Waals surface area contributed by atoms with Crippen molar-refractivity contribution < 1.29 is 0 Å². The Bertz CT molecular complexity index is 178. The normalized spacial score (nSPS) is 15.5. The molecule has 0 amide bonds. The first-order valence-corrected chi connectivity index (χ1v) is 10.7. The molecule has 1 unspecified atom stereocenters. The maximum absolute atomic E-state index is 5.50. The molecule has 0 saturated heterocycles. The van der Waals surface area contributed by atoms with Gasteiger partial charge < -0.3 is 0 Å². The molecule has 0 aliphatic heterocycles. The van der Waals surface area contributed by atoms with E-state index in [2.05, 4.69) is 41.2 Å². The van der Waals surface area contributed by atoms with Crippen molar-refractivity contribution in [2.24, 2.45) is 0 Å². The maximum atomic E-state index is 5.50. The van der Waals surface area contributed by atoms with Crippen molar-refractivity contribution >= 4 is 31.7 Å². The molecule has 0 aromatic heterocycles. The van der Waals surface area contributed by atoms with Crippen molar-refractivity contribution in [1.82, 2.24) is 4.91 Å². The largest absolute Gasteiger partial charge is 0.211 e. The van der Waals surface area contributed by atoms with E-state index in [1.807, 2.05) is 4.91 Å². The Hall–Kier alpha value is 0.527. The molecule has 2 N–H and O–H groups in total. The van der Waals surface area contributed by atoms with Crippen LogP contribution in [0, 0.1) is 11.1 Å². The Morgan fingerprint density at radius 3 is 1.46 bits per heavy atom. The summed E-state index contributed by atoms with van der Waals surface area (Å²) in [5, 5.41) is 0.618. The topological polar surface area (TPSA) is 61.8 Å². The minimum absolute atomic E-state index is 0.618. The van der Waals surface area contributed by atoms with Crippen LogP contribution < -0.4 is 4.91 Å². The Labute approximate surface area is 98.9 Å². The van der Waals surface area contributed by atoms with Crippen molar-refractivity contribution in [2.45, 2.75) is 51.7 Å². The third kappa shape index (κ3) is 5.76. The van der Waals surface area contributed by atoms with Gasteiger partial charge >= 0.3 is 83.4 Å². The number of nitrogens with one attached hydrogen (secondary N) is 2. The molecule has 0 aromatic rings. The molecule has 0 aliphatic rings. The van der Waals surface area contributed by atoms with Gasteiger partial charge in [-0.25, -0.2) is 0 Å². The number of hydrogen-bond acceptors (Lipinski definition) is 2. The van der Waals surface area contributed by atoms with Crippen molar-refractivity contribution in [1.29, 1.82) is 11.1 Å². The minimum Gasteiger partial charge on any atom is 0.103 e. The quantitative estimate of drug-likeness (QED) is 0.379. The van der Waals surface area contributed by atoms with E-state index in [4.69, 9.17) is 11.1 Å². The fraction of sp³-hybridized carbons (Fsp3) is 1.00. The predicted molar refractivity (Wildman–Crippen MR) is 59.8 cm³/mol. The Balaban J connectivity index is 0. The van der Waals surface area contributed by atoms with Gasteiger partial charge in [0.05, 0.1) is 0 Å². The zero-order valence-corrected chi connectivity index (χ0v) is 13.0. The monoisotopic (exact) mass is 210 g/mol. The molecular weight excluding hydrogens is 189 g/mol. The van der Waals surface area contributed by atoms with E-state index in [1.165, 1.54) is 27.0 Å². The zero-order valence-electron chi connectivity index (χ0n) is 10.0. The summed E-state index contributed by atoms with van der Waals surface area (Å²) in [7, 11) is 0. The zero-order chi connectivity index (χ0) is 11.3. The summed E-state index contributed by atoms with van der Waals surface area (Å²) in [5.74, 6) is 0. The maximum Gasteiger partial charge on any atom is 0.211 e. The van der Waals surface area contributed by atoms with Crippen LogP contribution in [0.2, 0.25) is 17.1 Å². The molecule has 0 spiro atoms. The third-order valence-electron chi connectivity index (χ3n) is 3.38. The van der Waals surface area contributed by atoms with E-state index in [9.17, 15) is 0 Å². The van der Waals surface area contributed by atoms with Crippen LogP contribution in [-0.4, -0.2) is 31.7 Å². The summed E-state index contributed by atoms with van der Waals surface area (Å²) in [5.41, 5.74) is 12.0. The van der Waals surface area contributed by atoms with E-state index in [0.717, 1.165) is 5.54 Å². The summed E-state index contributed by atoms with van der Waals surface area (Å²) in [6.45, 7) is 14.6. The summed E-state index contributed by atoms with van der Waals surface area (Å²) in [6, 6.07) is 0. The molecule has 0 fully saturated rings. The summed E-state index contributed by atoms with van der Waals surface area (Å²) in [4.78, 5) is 2.00. The fourth-order valence-electron chi connectivity index (χ4n) is 0.866. The van der Waals surface area contributed by atoms with E-state index < -0.39 is 4.63 Å². The average Bonchev–Trinajstić information content (AvgIpc) is 1.86. The first-order valence-electron chi connectivity index (χ1n) is 4.64. The van der Waals surface area contributed by atoms with Crippen LogP contribution in [0.4, 0.5) is 0 Å². The molecule has 0 aliphatic carbocycles. The van der Waals surface area contributed by atoms with Crippen LogP contribution in [0.5, 0.6) is 0 Å². The molecule has 0 aromatic carbocycles. The van der Waals surface area contributed by atoms with Gasteiger partial charge in [-0.3, -0.25) is 0 Å². The molecular formula is C8H21N3NaSi+. The van der Waals surface area contributed by atoms with Gasteiger partial charge in [-0.15, -0.1) is 0 Å².